The van der Waals surface area contributed by atoms with E-state index in [-0.39, 0.29) is 18.1 Å². The summed E-state index contributed by atoms with van der Waals surface area (Å²) in [5.41, 5.74) is 2.77. The van der Waals surface area contributed by atoms with Gasteiger partial charge in [0.05, 0.1) is 17.7 Å². The van der Waals surface area contributed by atoms with Crippen LogP contribution in [-0.2, 0) is 6.54 Å². The Labute approximate surface area is 140 Å². The van der Waals surface area contributed by atoms with Crippen molar-refractivity contribution in [2.75, 3.05) is 26.2 Å². The van der Waals surface area contributed by atoms with Gasteiger partial charge in [-0.3, -0.25) is 0 Å². The number of aromatic nitrogens is 1. The van der Waals surface area contributed by atoms with Crippen LogP contribution in [0.25, 0.3) is 0 Å². The van der Waals surface area contributed by atoms with Gasteiger partial charge in [-0.1, -0.05) is 0 Å². The average molecular weight is 337 g/mol. The van der Waals surface area contributed by atoms with E-state index in [1.165, 1.54) is 0 Å². The van der Waals surface area contributed by atoms with Gasteiger partial charge in [0, 0.05) is 37.1 Å². The number of nitrogens with zero attached hydrogens (tertiary/aromatic N) is 3. The summed E-state index contributed by atoms with van der Waals surface area (Å²) >= 11 is 1.56. The van der Waals surface area contributed by atoms with Crippen LogP contribution in [-0.4, -0.2) is 59.1 Å². The van der Waals surface area contributed by atoms with Crippen molar-refractivity contribution in [3.05, 3.63) is 16.1 Å². The van der Waals surface area contributed by atoms with Crippen LogP contribution >= 0.6 is 11.3 Å². The van der Waals surface area contributed by atoms with Crippen LogP contribution in [0.5, 0.6) is 0 Å². The highest BCUT2D eigenvalue weighted by Gasteiger charge is 2.30. The van der Waals surface area contributed by atoms with Crippen molar-refractivity contribution < 1.29 is 9.59 Å². The van der Waals surface area contributed by atoms with E-state index < -0.39 is 0 Å². The lowest BCUT2D eigenvalue weighted by molar-refractivity contribution is 0.118. The Kier molecular flexibility index (Phi) is 5.00. The Morgan fingerprint density at radius 1 is 1.43 bits per heavy atom. The second-order valence-corrected chi connectivity index (χ2v) is 6.96. The minimum Gasteiger partial charge on any atom is -0.338 e. The molecule has 7 nitrogen and oxygen atoms in total. The summed E-state index contributed by atoms with van der Waals surface area (Å²) in [5.74, 6) is 0. The van der Waals surface area contributed by atoms with Gasteiger partial charge in [0.1, 0.15) is 0 Å². The van der Waals surface area contributed by atoms with Crippen molar-refractivity contribution in [2.24, 2.45) is 0 Å². The molecule has 0 atom stereocenters. The predicted molar refractivity (Wildman–Crippen MR) is 88.4 cm³/mol. The number of hydrogen-bond donors (Lipinski definition) is 2. The van der Waals surface area contributed by atoms with Crippen molar-refractivity contribution >= 4 is 23.4 Å². The molecule has 3 heterocycles. The first-order chi connectivity index (χ1) is 11.1. The average Bonchev–Trinajstić information content (AvgIpc) is 2.98. The molecule has 2 saturated heterocycles. The van der Waals surface area contributed by atoms with Crippen molar-refractivity contribution in [3.63, 3.8) is 0 Å². The third kappa shape index (κ3) is 3.74. The van der Waals surface area contributed by atoms with Gasteiger partial charge in [0.2, 0.25) is 0 Å². The molecule has 3 rings (SSSR count). The molecule has 1 aromatic rings. The fraction of sp³-hybridized carbons (Fsp3) is 0.667. The number of carbonyl (C=O) groups is 2. The highest BCUT2D eigenvalue weighted by molar-refractivity contribution is 7.09. The number of rotatable bonds is 3. The molecule has 0 unspecified atom stereocenters. The molecule has 2 fully saturated rings. The van der Waals surface area contributed by atoms with Gasteiger partial charge >= 0.3 is 12.1 Å². The van der Waals surface area contributed by atoms with Crippen molar-refractivity contribution in [1.82, 2.24) is 25.4 Å². The topological polar surface area (TPSA) is 77.6 Å². The number of hydrogen-bond acceptors (Lipinski definition) is 4. The van der Waals surface area contributed by atoms with Gasteiger partial charge in [-0.05, 0) is 26.2 Å². The zero-order chi connectivity index (χ0) is 16.2. The number of nitrogens with one attached hydrogen (secondary N) is 2. The summed E-state index contributed by atoms with van der Waals surface area (Å²) in [5, 5.41) is 5.86. The van der Waals surface area contributed by atoms with E-state index in [4.69, 9.17) is 0 Å². The number of piperidine rings is 1. The van der Waals surface area contributed by atoms with E-state index in [1.54, 1.807) is 16.8 Å². The molecule has 0 radical (unpaired) electrons. The van der Waals surface area contributed by atoms with Crippen LogP contribution in [0.1, 0.15) is 29.8 Å². The minimum atomic E-state index is -0.0284. The van der Waals surface area contributed by atoms with E-state index in [9.17, 15) is 9.59 Å². The number of thiazole rings is 1. The first kappa shape index (κ1) is 16.0. The van der Waals surface area contributed by atoms with Crippen molar-refractivity contribution in [2.45, 2.75) is 38.8 Å². The molecule has 0 aliphatic carbocycles. The molecule has 8 heteroatoms. The fourth-order valence-corrected chi connectivity index (χ4v) is 3.86. The zero-order valence-electron chi connectivity index (χ0n) is 13.4. The van der Waals surface area contributed by atoms with Crippen molar-refractivity contribution in [1.29, 1.82) is 0 Å². The number of carbonyl (C=O) groups excluding carboxylic acids is 2. The van der Waals surface area contributed by atoms with Crippen LogP contribution in [0, 0.1) is 6.92 Å². The van der Waals surface area contributed by atoms with Gasteiger partial charge in [-0.2, -0.15) is 0 Å². The smallest absolute Gasteiger partial charge is 0.317 e. The van der Waals surface area contributed by atoms with Gasteiger partial charge in [-0.25, -0.2) is 14.6 Å². The summed E-state index contributed by atoms with van der Waals surface area (Å²) in [6.45, 7) is 5.47. The quantitative estimate of drug-likeness (QED) is 0.878. The van der Waals surface area contributed by atoms with E-state index >= 15 is 0 Å². The van der Waals surface area contributed by atoms with Crippen LogP contribution in [0.15, 0.2) is 5.51 Å². The first-order valence-corrected chi connectivity index (χ1v) is 8.99. The van der Waals surface area contributed by atoms with E-state index in [2.05, 4.69) is 15.6 Å². The summed E-state index contributed by atoms with van der Waals surface area (Å²) < 4.78 is 0. The Balaban J connectivity index is 1.45. The summed E-state index contributed by atoms with van der Waals surface area (Å²) in [4.78, 5) is 33.2. The lowest BCUT2D eigenvalue weighted by Gasteiger charge is -2.40. The van der Waals surface area contributed by atoms with Gasteiger partial charge in [0.15, 0.2) is 0 Å². The standard InChI is InChI=1S/C15H23N5O2S/c1-11-13(23-10-18-11)9-17-14(21)19-7-3-12(4-8-19)20-6-2-5-16-15(20)22/h10,12H,2-9H2,1H3,(H,16,22)(H,17,21). The van der Waals surface area contributed by atoms with Gasteiger partial charge in [-0.15, -0.1) is 11.3 Å². The molecule has 1 aromatic heterocycles. The first-order valence-electron chi connectivity index (χ1n) is 8.11. The highest BCUT2D eigenvalue weighted by Crippen LogP contribution is 2.19. The molecular weight excluding hydrogens is 314 g/mol. The second-order valence-electron chi connectivity index (χ2n) is 6.02. The Hall–Kier alpha value is -1.83. The zero-order valence-corrected chi connectivity index (χ0v) is 14.2. The van der Waals surface area contributed by atoms with Crippen LogP contribution in [0.2, 0.25) is 0 Å². The third-order valence-corrected chi connectivity index (χ3v) is 5.49. The molecule has 0 aromatic carbocycles. The molecule has 0 saturated carbocycles. The maximum atomic E-state index is 12.3. The Bertz CT molecular complexity index is 568. The minimum absolute atomic E-state index is 0.0284. The lowest BCUT2D eigenvalue weighted by atomic mass is 10.0. The summed E-state index contributed by atoms with van der Waals surface area (Å²) in [7, 11) is 0. The van der Waals surface area contributed by atoms with E-state index in [0.717, 1.165) is 42.9 Å². The number of amides is 4. The summed E-state index contributed by atoms with van der Waals surface area (Å²) in [6, 6.07) is 0.266. The maximum absolute atomic E-state index is 12.3. The molecule has 2 aliphatic heterocycles. The molecule has 23 heavy (non-hydrogen) atoms. The largest absolute Gasteiger partial charge is 0.338 e. The second kappa shape index (κ2) is 7.16. The predicted octanol–water partition coefficient (Wildman–Crippen LogP) is 1.54. The SMILES string of the molecule is Cc1ncsc1CNC(=O)N1CCC(N2CCCNC2=O)CC1. The van der Waals surface area contributed by atoms with Crippen LogP contribution < -0.4 is 10.6 Å². The fourth-order valence-electron chi connectivity index (χ4n) is 3.14. The molecular formula is C15H23N5O2S. The molecule has 0 bridgehead atoms. The van der Waals surface area contributed by atoms with Crippen LogP contribution in [0.4, 0.5) is 9.59 Å². The third-order valence-electron chi connectivity index (χ3n) is 4.55. The maximum Gasteiger partial charge on any atom is 0.317 e. The van der Waals surface area contributed by atoms with Gasteiger partial charge in [0.25, 0.3) is 0 Å². The molecule has 2 N–H and O–H groups in total. The number of likely N-dealkylation sites (tertiary alicyclic amines) is 1. The number of urea groups is 2. The molecule has 4 amide bonds. The Morgan fingerprint density at radius 2 is 2.22 bits per heavy atom. The van der Waals surface area contributed by atoms with Gasteiger partial charge < -0.3 is 20.4 Å². The number of aryl methyl sites for hydroxylation is 1. The lowest BCUT2D eigenvalue weighted by Crippen LogP contribution is -2.55. The summed E-state index contributed by atoms with van der Waals surface area (Å²) in [6.07, 6.45) is 2.70. The monoisotopic (exact) mass is 337 g/mol. The van der Waals surface area contributed by atoms with E-state index in [1.807, 2.05) is 16.7 Å². The molecule has 2 aliphatic rings. The highest BCUT2D eigenvalue weighted by atomic mass is 32.1. The van der Waals surface area contributed by atoms with Crippen LogP contribution in [0.3, 0.4) is 0 Å². The molecule has 126 valence electrons. The Morgan fingerprint density at radius 3 is 2.87 bits per heavy atom. The molecule has 0 spiro atoms. The van der Waals surface area contributed by atoms with E-state index in [0.29, 0.717) is 19.6 Å². The normalized spacial score (nSPS) is 19.6. The van der Waals surface area contributed by atoms with Crippen molar-refractivity contribution in [3.8, 4) is 0 Å².